The van der Waals surface area contributed by atoms with E-state index in [1.54, 1.807) is 6.20 Å². The number of allylic oxidation sites excluding steroid dienone is 5. The monoisotopic (exact) mass is 304 g/mol. The Kier molecular flexibility index (Phi) is 5.71. The zero-order chi connectivity index (χ0) is 16.7. The van der Waals surface area contributed by atoms with Crippen LogP contribution >= 0.6 is 0 Å². The van der Waals surface area contributed by atoms with E-state index < -0.39 is 0 Å². The summed E-state index contributed by atoms with van der Waals surface area (Å²) in [6.45, 7) is 13.5. The molecular formula is C21H24N2. The molecule has 2 heteroatoms. The molecular weight excluding hydrogens is 280 g/mol. The number of para-hydroxylation sites is 1. The van der Waals surface area contributed by atoms with E-state index in [9.17, 15) is 0 Å². The normalized spacial score (nSPS) is 19.7. The van der Waals surface area contributed by atoms with Crippen LogP contribution in [0.25, 0.3) is 4.85 Å². The number of rotatable bonds is 6. The van der Waals surface area contributed by atoms with Crippen LogP contribution < -0.4 is 0 Å². The maximum Gasteiger partial charge on any atom is 0.151 e. The van der Waals surface area contributed by atoms with Crippen molar-refractivity contribution in [3.05, 3.63) is 76.8 Å². The Labute approximate surface area is 139 Å². The summed E-state index contributed by atoms with van der Waals surface area (Å²) in [5.74, 6) is 0. The average molecular weight is 304 g/mol. The van der Waals surface area contributed by atoms with Crippen molar-refractivity contribution in [3.8, 4) is 0 Å². The third-order valence-corrected chi connectivity index (χ3v) is 4.17. The smallest absolute Gasteiger partial charge is 0.151 e. The lowest BCUT2D eigenvalue weighted by atomic mass is 9.79. The van der Waals surface area contributed by atoms with Gasteiger partial charge in [-0.05, 0) is 51.7 Å². The van der Waals surface area contributed by atoms with Gasteiger partial charge in [0.15, 0.2) is 6.20 Å². The number of benzene rings is 1. The van der Waals surface area contributed by atoms with Crippen molar-refractivity contribution in [1.82, 2.24) is 0 Å². The second kappa shape index (κ2) is 7.74. The summed E-state index contributed by atoms with van der Waals surface area (Å²) < 4.78 is 0. The Hall–Kier alpha value is -2.40. The first kappa shape index (κ1) is 17.0. The van der Waals surface area contributed by atoms with Crippen molar-refractivity contribution in [3.63, 3.8) is 0 Å². The van der Waals surface area contributed by atoms with Gasteiger partial charge in [-0.2, -0.15) is 0 Å². The summed E-state index contributed by atoms with van der Waals surface area (Å²) in [7, 11) is 0. The maximum absolute atomic E-state index is 7.06. The predicted octanol–water partition coefficient (Wildman–Crippen LogP) is 6.16. The van der Waals surface area contributed by atoms with Gasteiger partial charge in [0.05, 0.1) is 12.3 Å². The van der Waals surface area contributed by atoms with Gasteiger partial charge in [-0.15, -0.1) is 0 Å². The van der Waals surface area contributed by atoms with E-state index in [2.05, 4.69) is 48.8 Å². The average Bonchev–Trinajstić information content (AvgIpc) is 2.90. The van der Waals surface area contributed by atoms with Crippen molar-refractivity contribution < 1.29 is 0 Å². The van der Waals surface area contributed by atoms with Gasteiger partial charge in [-0.3, -0.25) is 4.99 Å². The minimum atomic E-state index is -0.279. The molecule has 0 fully saturated rings. The minimum Gasteiger partial charge on any atom is -0.260 e. The molecule has 0 amide bonds. The van der Waals surface area contributed by atoms with Crippen LogP contribution in [0.4, 0.5) is 5.69 Å². The maximum atomic E-state index is 7.06. The van der Waals surface area contributed by atoms with Crippen LogP contribution in [0.1, 0.15) is 45.6 Å². The van der Waals surface area contributed by atoms with Gasteiger partial charge in [0.1, 0.15) is 0 Å². The van der Waals surface area contributed by atoms with Crippen LogP contribution in [-0.4, -0.2) is 6.21 Å². The molecule has 1 aliphatic heterocycles. The Morgan fingerprint density at radius 3 is 2.74 bits per heavy atom. The molecule has 1 aliphatic rings. The Balaban J connectivity index is 2.19. The van der Waals surface area contributed by atoms with Crippen LogP contribution in [0.15, 0.2) is 64.8 Å². The quantitative estimate of drug-likeness (QED) is 0.442. The van der Waals surface area contributed by atoms with E-state index in [0.717, 1.165) is 24.9 Å². The molecule has 0 saturated carbocycles. The SMILES string of the molecule is [C-]#[N+]/C=C\C1(C/C=C(\C)CCC=C(C)C)C=Nc2ccccc21. The zero-order valence-electron chi connectivity index (χ0n) is 14.2. The van der Waals surface area contributed by atoms with Crippen molar-refractivity contribution in [2.24, 2.45) is 4.99 Å². The summed E-state index contributed by atoms with van der Waals surface area (Å²) in [6, 6.07) is 8.19. The highest BCUT2D eigenvalue weighted by molar-refractivity contribution is 5.87. The van der Waals surface area contributed by atoms with Gasteiger partial charge in [0.2, 0.25) is 0 Å². The lowest BCUT2D eigenvalue weighted by Crippen LogP contribution is -2.21. The highest BCUT2D eigenvalue weighted by Gasteiger charge is 2.32. The summed E-state index contributed by atoms with van der Waals surface area (Å²) in [5.41, 5.74) is 4.67. The van der Waals surface area contributed by atoms with Gasteiger partial charge in [-0.25, -0.2) is 4.85 Å². The second-order valence-electron chi connectivity index (χ2n) is 6.34. The fourth-order valence-corrected chi connectivity index (χ4v) is 2.80. The third kappa shape index (κ3) is 4.29. The van der Waals surface area contributed by atoms with Crippen molar-refractivity contribution >= 4 is 11.9 Å². The molecule has 0 radical (unpaired) electrons. The molecule has 1 unspecified atom stereocenters. The first-order chi connectivity index (χ1) is 11.1. The molecule has 0 spiro atoms. The lowest BCUT2D eigenvalue weighted by molar-refractivity contribution is 0.750. The van der Waals surface area contributed by atoms with Crippen molar-refractivity contribution in [2.75, 3.05) is 0 Å². The molecule has 0 aliphatic carbocycles. The number of hydrogen-bond donors (Lipinski definition) is 0. The molecule has 0 saturated heterocycles. The predicted molar refractivity (Wildman–Crippen MR) is 99.1 cm³/mol. The molecule has 0 aromatic heterocycles. The molecule has 1 aromatic rings. The molecule has 2 nitrogen and oxygen atoms in total. The summed E-state index contributed by atoms with van der Waals surface area (Å²) in [6.07, 6.45) is 13.1. The number of nitrogens with zero attached hydrogens (tertiary/aromatic N) is 2. The third-order valence-electron chi connectivity index (χ3n) is 4.17. The molecule has 2 rings (SSSR count). The first-order valence-electron chi connectivity index (χ1n) is 8.05. The van der Waals surface area contributed by atoms with Crippen LogP contribution in [0.3, 0.4) is 0 Å². The minimum absolute atomic E-state index is 0.279. The Bertz CT molecular complexity index is 710. The Morgan fingerprint density at radius 1 is 1.22 bits per heavy atom. The fourth-order valence-electron chi connectivity index (χ4n) is 2.80. The van der Waals surface area contributed by atoms with Gasteiger partial charge in [-0.1, -0.05) is 47.6 Å². The number of fused-ring (bicyclic) bond motifs is 1. The summed E-state index contributed by atoms with van der Waals surface area (Å²) in [4.78, 5) is 7.94. The topological polar surface area (TPSA) is 16.7 Å². The highest BCUT2D eigenvalue weighted by Crippen LogP contribution is 2.40. The molecule has 1 atom stereocenters. The van der Waals surface area contributed by atoms with E-state index in [1.165, 1.54) is 16.7 Å². The van der Waals surface area contributed by atoms with Crippen LogP contribution in [0.2, 0.25) is 0 Å². The lowest BCUT2D eigenvalue weighted by Gasteiger charge is -2.23. The number of hydrogen-bond acceptors (Lipinski definition) is 1. The second-order valence-corrected chi connectivity index (χ2v) is 6.34. The van der Waals surface area contributed by atoms with Gasteiger partial charge in [0.25, 0.3) is 0 Å². The molecule has 1 heterocycles. The van der Waals surface area contributed by atoms with Crippen molar-refractivity contribution in [2.45, 2.75) is 45.4 Å². The zero-order valence-corrected chi connectivity index (χ0v) is 14.2. The van der Waals surface area contributed by atoms with Gasteiger partial charge >= 0.3 is 0 Å². The summed E-state index contributed by atoms with van der Waals surface area (Å²) >= 11 is 0. The standard InChI is InChI=1S/C21H24N2/c1-17(2)8-7-9-18(3)12-13-21(14-15-22-4)16-23-20-11-6-5-10-19(20)21/h5-6,8,10-12,14-16H,7,9,13H2,1-3H3/b15-14-,18-12+. The largest absolute Gasteiger partial charge is 0.260 e. The number of aliphatic imine (C=N–C) groups is 1. The molecule has 0 bridgehead atoms. The molecule has 0 N–H and O–H groups in total. The van der Waals surface area contributed by atoms with Crippen LogP contribution in [0.5, 0.6) is 0 Å². The van der Waals surface area contributed by atoms with E-state index in [0.29, 0.717) is 0 Å². The van der Waals surface area contributed by atoms with E-state index in [4.69, 9.17) is 6.57 Å². The van der Waals surface area contributed by atoms with Crippen LogP contribution in [0, 0.1) is 6.57 Å². The summed E-state index contributed by atoms with van der Waals surface area (Å²) in [5, 5.41) is 0. The Morgan fingerprint density at radius 2 is 2.00 bits per heavy atom. The molecule has 23 heavy (non-hydrogen) atoms. The van der Waals surface area contributed by atoms with E-state index in [1.807, 2.05) is 30.5 Å². The molecule has 1 aromatic carbocycles. The van der Waals surface area contributed by atoms with Crippen molar-refractivity contribution in [1.29, 1.82) is 0 Å². The fraction of sp³-hybridized carbons (Fsp3) is 0.333. The first-order valence-corrected chi connectivity index (χ1v) is 8.05. The molecule has 118 valence electrons. The van der Waals surface area contributed by atoms with E-state index >= 15 is 0 Å². The highest BCUT2D eigenvalue weighted by atomic mass is 14.8. The van der Waals surface area contributed by atoms with E-state index in [-0.39, 0.29) is 5.41 Å². The van der Waals surface area contributed by atoms with Crippen LogP contribution in [-0.2, 0) is 5.41 Å². The van der Waals surface area contributed by atoms with Gasteiger partial charge < -0.3 is 0 Å². The van der Waals surface area contributed by atoms with Gasteiger partial charge in [0, 0.05) is 11.6 Å².